The largest absolute Gasteiger partial charge is 0.492 e. The van der Waals surface area contributed by atoms with Crippen molar-refractivity contribution in [2.75, 3.05) is 39.5 Å². The smallest absolute Gasteiger partial charge is 0.210 e. The second-order valence-electron chi connectivity index (χ2n) is 11.9. The van der Waals surface area contributed by atoms with Crippen LogP contribution >= 0.6 is 0 Å². The van der Waals surface area contributed by atoms with Gasteiger partial charge in [0.05, 0.1) is 13.2 Å². The minimum absolute atomic E-state index is 0.437. The molecule has 186 valence electrons. The Morgan fingerprint density at radius 3 is 2.38 bits per heavy atom. The minimum atomic E-state index is -0.564. The van der Waals surface area contributed by atoms with Crippen molar-refractivity contribution in [1.82, 2.24) is 4.90 Å². The summed E-state index contributed by atoms with van der Waals surface area (Å²) >= 11 is 0. The number of hydrogen-bond donors (Lipinski definition) is 0. The fourth-order valence-corrected chi connectivity index (χ4v) is 8.21. The molecule has 1 aromatic rings. The van der Waals surface area contributed by atoms with Gasteiger partial charge >= 0.3 is 0 Å². The van der Waals surface area contributed by atoms with Crippen LogP contribution in [0.2, 0.25) is 0 Å². The average molecular weight is 470 g/mol. The summed E-state index contributed by atoms with van der Waals surface area (Å²) in [5.74, 6) is 3.20. The summed E-state index contributed by atoms with van der Waals surface area (Å²) in [6.07, 6.45) is 10.6. The Labute approximate surface area is 203 Å². The first-order valence-electron chi connectivity index (χ1n) is 13.8. The maximum Gasteiger partial charge on any atom is 0.210 e. The van der Waals surface area contributed by atoms with Crippen molar-refractivity contribution in [3.63, 3.8) is 0 Å². The van der Waals surface area contributed by atoms with Gasteiger partial charge in [0.25, 0.3) is 0 Å². The van der Waals surface area contributed by atoms with Crippen molar-refractivity contribution in [3.05, 3.63) is 29.8 Å². The van der Waals surface area contributed by atoms with E-state index in [0.29, 0.717) is 17.8 Å². The fraction of sp³-hybridized carbons (Fsp3) is 0.786. The van der Waals surface area contributed by atoms with Crippen molar-refractivity contribution in [1.29, 1.82) is 0 Å². The molecular formula is C28H39NO5. The molecule has 0 radical (unpaired) electrons. The van der Waals surface area contributed by atoms with Crippen LogP contribution in [0.1, 0.15) is 69.3 Å². The van der Waals surface area contributed by atoms with Gasteiger partial charge in [-0.2, -0.15) is 9.78 Å². The predicted molar refractivity (Wildman–Crippen MR) is 126 cm³/mol. The molecular weight excluding hydrogens is 430 g/mol. The molecule has 0 aromatic heterocycles. The zero-order valence-corrected chi connectivity index (χ0v) is 20.3. The van der Waals surface area contributed by atoms with E-state index in [1.807, 2.05) is 0 Å². The SMILES string of the molecule is c1cc(C2CCC[C@]3(C2)OOC2(O3)C3CC4CC(C3)CC2C4)ccc1OCCN1CCOCC1. The lowest BCUT2D eigenvalue weighted by Crippen LogP contribution is -2.59. The molecule has 1 aromatic carbocycles. The molecule has 2 saturated heterocycles. The van der Waals surface area contributed by atoms with Crippen molar-refractivity contribution in [2.24, 2.45) is 23.7 Å². The van der Waals surface area contributed by atoms with Crippen LogP contribution in [-0.4, -0.2) is 55.9 Å². The molecule has 7 fully saturated rings. The average Bonchev–Trinajstić information content (AvgIpc) is 3.22. The molecule has 5 saturated carbocycles. The van der Waals surface area contributed by atoms with Gasteiger partial charge < -0.3 is 14.2 Å². The Balaban J connectivity index is 0.981. The second kappa shape index (κ2) is 8.74. The van der Waals surface area contributed by atoms with Gasteiger partial charge in [-0.15, -0.1) is 0 Å². The monoisotopic (exact) mass is 469 g/mol. The Hall–Kier alpha value is -1.18. The van der Waals surface area contributed by atoms with E-state index in [1.165, 1.54) is 44.1 Å². The van der Waals surface area contributed by atoms with Gasteiger partial charge in [-0.25, -0.2) is 0 Å². The van der Waals surface area contributed by atoms with Gasteiger partial charge in [0.2, 0.25) is 11.6 Å². The van der Waals surface area contributed by atoms with E-state index < -0.39 is 11.6 Å². The molecule has 6 nitrogen and oxygen atoms in total. The number of ether oxygens (including phenoxy) is 3. The molecule has 1 unspecified atom stereocenters. The molecule has 2 spiro atoms. The topological polar surface area (TPSA) is 49.4 Å². The summed E-state index contributed by atoms with van der Waals surface area (Å²) in [7, 11) is 0. The van der Waals surface area contributed by atoms with Crippen molar-refractivity contribution in [2.45, 2.75) is 75.3 Å². The number of morpholine rings is 1. The summed E-state index contributed by atoms with van der Waals surface area (Å²) in [5, 5.41) is 0. The van der Waals surface area contributed by atoms with Gasteiger partial charge in [0.1, 0.15) is 12.4 Å². The van der Waals surface area contributed by atoms with E-state index in [2.05, 4.69) is 29.2 Å². The highest BCUT2D eigenvalue weighted by molar-refractivity contribution is 5.30. The van der Waals surface area contributed by atoms with E-state index in [4.69, 9.17) is 24.0 Å². The predicted octanol–water partition coefficient (Wildman–Crippen LogP) is 4.88. The third-order valence-electron chi connectivity index (χ3n) is 9.74. The highest BCUT2D eigenvalue weighted by Gasteiger charge is 2.67. The Bertz CT molecular complexity index is 840. The zero-order chi connectivity index (χ0) is 22.6. The van der Waals surface area contributed by atoms with E-state index >= 15 is 0 Å². The summed E-state index contributed by atoms with van der Waals surface area (Å²) in [6, 6.07) is 8.73. The highest BCUT2D eigenvalue weighted by Crippen LogP contribution is 2.64. The number of rotatable bonds is 5. The van der Waals surface area contributed by atoms with E-state index in [-0.39, 0.29) is 0 Å². The van der Waals surface area contributed by atoms with Gasteiger partial charge in [0, 0.05) is 44.3 Å². The molecule has 0 amide bonds. The molecule has 2 atom stereocenters. The van der Waals surface area contributed by atoms with E-state index in [0.717, 1.165) is 76.3 Å². The van der Waals surface area contributed by atoms with Crippen molar-refractivity contribution >= 4 is 0 Å². The van der Waals surface area contributed by atoms with Crippen LogP contribution in [0, 0.1) is 23.7 Å². The van der Waals surface area contributed by atoms with Crippen LogP contribution in [-0.2, 0) is 19.2 Å². The highest BCUT2D eigenvalue weighted by atomic mass is 17.3. The first-order chi connectivity index (χ1) is 16.7. The van der Waals surface area contributed by atoms with Gasteiger partial charge in [-0.05, 0) is 80.4 Å². The first kappa shape index (κ1) is 22.1. The van der Waals surface area contributed by atoms with Gasteiger partial charge in [-0.3, -0.25) is 4.90 Å². The molecule has 2 heterocycles. The summed E-state index contributed by atoms with van der Waals surface area (Å²) in [6.45, 7) is 5.35. The normalized spacial score (nSPS) is 43.7. The lowest BCUT2D eigenvalue weighted by Gasteiger charge is -2.57. The number of hydrogen-bond acceptors (Lipinski definition) is 6. The number of benzene rings is 1. The van der Waals surface area contributed by atoms with Crippen LogP contribution in [0.5, 0.6) is 5.75 Å². The van der Waals surface area contributed by atoms with Gasteiger partial charge in [0.15, 0.2) is 0 Å². The number of nitrogens with zero attached hydrogens (tertiary/aromatic N) is 1. The van der Waals surface area contributed by atoms with Crippen LogP contribution in [0.25, 0.3) is 0 Å². The standard InChI is InChI=1S/C28H39NO5/c1-2-23(22-3-5-26(6-4-22)31-13-10-29-8-11-30-12-9-29)19-27(7-1)32-28(34-33-27)24-15-20-14-21(17-24)18-25(28)16-20/h3-6,20-21,23-25H,1-2,7-19H2/t20?,21?,23?,24?,25?,27-,28?/m1/s1. The van der Waals surface area contributed by atoms with Crippen LogP contribution in [0.15, 0.2) is 24.3 Å². The quantitative estimate of drug-likeness (QED) is 0.573. The van der Waals surface area contributed by atoms with Crippen molar-refractivity contribution in [3.8, 4) is 5.75 Å². The van der Waals surface area contributed by atoms with Crippen LogP contribution < -0.4 is 4.74 Å². The third-order valence-corrected chi connectivity index (χ3v) is 9.74. The molecule has 6 heteroatoms. The molecule has 5 aliphatic carbocycles. The Morgan fingerprint density at radius 1 is 0.912 bits per heavy atom. The summed E-state index contributed by atoms with van der Waals surface area (Å²) in [4.78, 5) is 14.8. The summed E-state index contributed by atoms with van der Waals surface area (Å²) in [5.41, 5.74) is 1.36. The molecule has 34 heavy (non-hydrogen) atoms. The summed E-state index contributed by atoms with van der Waals surface area (Å²) < 4.78 is 18.4. The molecule has 0 N–H and O–H groups in total. The minimum Gasteiger partial charge on any atom is -0.492 e. The lowest BCUT2D eigenvalue weighted by atomic mass is 9.53. The Morgan fingerprint density at radius 2 is 1.65 bits per heavy atom. The Kier molecular flexibility index (Phi) is 5.67. The van der Waals surface area contributed by atoms with Crippen LogP contribution in [0.4, 0.5) is 0 Å². The first-order valence-corrected chi connectivity index (χ1v) is 13.8. The molecule has 8 rings (SSSR count). The maximum absolute atomic E-state index is 6.96. The van der Waals surface area contributed by atoms with Gasteiger partial charge in [-0.1, -0.05) is 12.1 Å². The molecule has 2 aliphatic heterocycles. The van der Waals surface area contributed by atoms with Crippen molar-refractivity contribution < 1.29 is 24.0 Å². The third kappa shape index (κ3) is 3.90. The van der Waals surface area contributed by atoms with E-state index in [9.17, 15) is 0 Å². The second-order valence-corrected chi connectivity index (χ2v) is 11.9. The molecule has 4 bridgehead atoms. The zero-order valence-electron chi connectivity index (χ0n) is 20.3. The van der Waals surface area contributed by atoms with E-state index in [1.54, 1.807) is 0 Å². The molecule has 7 aliphatic rings. The fourth-order valence-electron chi connectivity index (χ4n) is 8.21. The maximum atomic E-state index is 6.96. The lowest BCUT2D eigenvalue weighted by molar-refractivity contribution is -0.390. The van der Waals surface area contributed by atoms with Crippen LogP contribution in [0.3, 0.4) is 0 Å².